The van der Waals surface area contributed by atoms with Crippen molar-refractivity contribution in [3.8, 4) is 5.75 Å². The molecule has 1 unspecified atom stereocenters. The lowest BCUT2D eigenvalue weighted by atomic mass is 9.92. The van der Waals surface area contributed by atoms with Crippen molar-refractivity contribution < 1.29 is 45.9 Å². The summed E-state index contributed by atoms with van der Waals surface area (Å²) in [6.07, 6.45) is -4.53. The SMILES string of the molecule is O=C1CCC(N2Cc3cc(CNC(=O)C(F)(F)c4ccccc4OCC(F)(F)F)ccc3C2=O)C(=O)C1. The van der Waals surface area contributed by atoms with Gasteiger partial charge in [-0.15, -0.1) is 0 Å². The Hall–Kier alpha value is -3.83. The Morgan fingerprint density at radius 1 is 1.05 bits per heavy atom. The molecule has 0 saturated heterocycles. The van der Waals surface area contributed by atoms with Crippen molar-refractivity contribution in [3.63, 3.8) is 0 Å². The fraction of sp³-hybridized carbons (Fsp3) is 0.360. The quantitative estimate of drug-likeness (QED) is 0.441. The molecule has 2 aromatic rings. The van der Waals surface area contributed by atoms with Gasteiger partial charge in [-0.3, -0.25) is 19.2 Å². The van der Waals surface area contributed by atoms with Crippen molar-refractivity contribution in [2.45, 2.75) is 50.5 Å². The van der Waals surface area contributed by atoms with E-state index < -0.39 is 42.0 Å². The second-order valence-corrected chi connectivity index (χ2v) is 8.82. The second kappa shape index (κ2) is 9.91. The number of amides is 2. The van der Waals surface area contributed by atoms with E-state index >= 15 is 0 Å². The first kappa shape index (κ1) is 26.2. The third-order valence-corrected chi connectivity index (χ3v) is 6.17. The van der Waals surface area contributed by atoms with E-state index in [4.69, 9.17) is 0 Å². The van der Waals surface area contributed by atoms with Crippen LogP contribution >= 0.6 is 0 Å². The molecule has 12 heteroatoms. The summed E-state index contributed by atoms with van der Waals surface area (Å²) < 4.78 is 71.6. The summed E-state index contributed by atoms with van der Waals surface area (Å²) in [6.45, 7) is -2.05. The molecule has 1 aliphatic carbocycles. The maximum atomic E-state index is 14.8. The number of carbonyl (C=O) groups is 4. The summed E-state index contributed by atoms with van der Waals surface area (Å²) in [7, 11) is 0. The standard InChI is InChI=1S/C25H21F5N2O5/c26-24(27,28)13-37-21-4-2-1-3-18(21)25(29,30)23(36)31-11-14-5-7-17-15(9-14)12-32(22(17)35)19-8-6-16(33)10-20(19)34/h1-5,7,9,19H,6,8,10-13H2,(H,31,36). The Kier molecular flexibility index (Phi) is 7.03. The van der Waals surface area contributed by atoms with Gasteiger partial charge in [0.05, 0.1) is 18.0 Å². The molecule has 4 rings (SSSR count). The van der Waals surface area contributed by atoms with Crippen LogP contribution < -0.4 is 10.1 Å². The Balaban J connectivity index is 1.43. The van der Waals surface area contributed by atoms with Gasteiger partial charge in [0.2, 0.25) is 0 Å². The molecule has 37 heavy (non-hydrogen) atoms. The molecule has 7 nitrogen and oxygen atoms in total. The number of para-hydroxylation sites is 1. The number of nitrogens with zero attached hydrogens (tertiary/aromatic N) is 1. The van der Waals surface area contributed by atoms with Gasteiger partial charge in [-0.25, -0.2) is 0 Å². The number of benzene rings is 2. The molecule has 2 aromatic carbocycles. The number of halogens is 5. The third kappa shape index (κ3) is 5.62. The average Bonchev–Trinajstić information content (AvgIpc) is 3.16. The Morgan fingerprint density at radius 2 is 1.78 bits per heavy atom. The highest BCUT2D eigenvalue weighted by Gasteiger charge is 2.44. The van der Waals surface area contributed by atoms with Crippen molar-refractivity contribution in [2.24, 2.45) is 0 Å². The van der Waals surface area contributed by atoms with Gasteiger partial charge in [-0.1, -0.05) is 24.3 Å². The van der Waals surface area contributed by atoms with Gasteiger partial charge in [-0.05, 0) is 35.7 Å². The van der Waals surface area contributed by atoms with Crippen LogP contribution in [0.4, 0.5) is 22.0 Å². The number of fused-ring (bicyclic) bond motifs is 1. The average molecular weight is 524 g/mol. The van der Waals surface area contributed by atoms with Gasteiger partial charge in [0.25, 0.3) is 11.8 Å². The van der Waals surface area contributed by atoms with Crippen molar-refractivity contribution in [3.05, 3.63) is 64.7 Å². The molecule has 2 aliphatic rings. The summed E-state index contributed by atoms with van der Waals surface area (Å²) in [5.41, 5.74) is 0.256. The van der Waals surface area contributed by atoms with Crippen LogP contribution in [0, 0.1) is 0 Å². The Bertz CT molecular complexity index is 1260. The predicted octanol–water partition coefficient (Wildman–Crippen LogP) is 3.68. The van der Waals surface area contributed by atoms with Gasteiger partial charge in [-0.2, -0.15) is 22.0 Å². The fourth-order valence-corrected chi connectivity index (χ4v) is 4.37. The van der Waals surface area contributed by atoms with Crippen LogP contribution in [0.25, 0.3) is 0 Å². The fourth-order valence-electron chi connectivity index (χ4n) is 4.37. The normalized spacial score (nSPS) is 18.1. The summed E-state index contributed by atoms with van der Waals surface area (Å²) in [5.74, 6) is -7.58. The van der Waals surface area contributed by atoms with E-state index in [0.717, 1.165) is 18.2 Å². The van der Waals surface area contributed by atoms with Gasteiger partial charge in [0, 0.05) is 25.1 Å². The first-order chi connectivity index (χ1) is 17.4. The Labute approximate surface area is 207 Å². The summed E-state index contributed by atoms with van der Waals surface area (Å²) in [4.78, 5) is 50.2. The molecule has 0 aromatic heterocycles. The van der Waals surface area contributed by atoms with E-state index in [-0.39, 0.29) is 49.8 Å². The number of carbonyl (C=O) groups excluding carboxylic acids is 4. The third-order valence-electron chi connectivity index (χ3n) is 6.17. The molecular formula is C25H21F5N2O5. The van der Waals surface area contributed by atoms with E-state index in [1.54, 1.807) is 6.07 Å². The number of ketones is 2. The first-order valence-electron chi connectivity index (χ1n) is 11.3. The minimum absolute atomic E-state index is 0.0978. The highest BCUT2D eigenvalue weighted by Crippen LogP contribution is 2.36. The summed E-state index contributed by atoms with van der Waals surface area (Å²) >= 11 is 0. The number of ether oxygens (including phenoxy) is 1. The number of Topliss-reactive ketones (excluding diaryl/α,β-unsaturated/α-hetero) is 2. The summed E-state index contributed by atoms with van der Waals surface area (Å²) in [5, 5.41) is 2.07. The van der Waals surface area contributed by atoms with Crippen LogP contribution in [0.3, 0.4) is 0 Å². The predicted molar refractivity (Wildman–Crippen MR) is 118 cm³/mol. The Morgan fingerprint density at radius 3 is 2.49 bits per heavy atom. The largest absolute Gasteiger partial charge is 0.484 e. The lowest BCUT2D eigenvalue weighted by Gasteiger charge is -2.29. The van der Waals surface area contributed by atoms with Gasteiger partial charge in [0.1, 0.15) is 11.5 Å². The number of hydrogen-bond acceptors (Lipinski definition) is 5. The molecule has 1 atom stereocenters. The van der Waals surface area contributed by atoms with E-state index in [2.05, 4.69) is 10.1 Å². The van der Waals surface area contributed by atoms with Crippen LogP contribution in [0.2, 0.25) is 0 Å². The molecule has 196 valence electrons. The van der Waals surface area contributed by atoms with E-state index in [1.807, 2.05) is 0 Å². The van der Waals surface area contributed by atoms with Gasteiger partial charge < -0.3 is 15.0 Å². The topological polar surface area (TPSA) is 92.8 Å². The monoisotopic (exact) mass is 524 g/mol. The lowest BCUT2D eigenvalue weighted by molar-refractivity contribution is -0.155. The lowest BCUT2D eigenvalue weighted by Crippen LogP contribution is -2.44. The minimum atomic E-state index is -4.75. The second-order valence-electron chi connectivity index (χ2n) is 8.82. The van der Waals surface area contributed by atoms with Crippen LogP contribution in [0.5, 0.6) is 5.75 Å². The molecule has 1 saturated carbocycles. The molecule has 0 spiro atoms. The van der Waals surface area contributed by atoms with Gasteiger partial charge in [0.15, 0.2) is 12.4 Å². The van der Waals surface area contributed by atoms with Crippen LogP contribution in [0.15, 0.2) is 42.5 Å². The van der Waals surface area contributed by atoms with E-state index in [1.165, 1.54) is 23.1 Å². The van der Waals surface area contributed by atoms with Crippen LogP contribution in [-0.2, 0) is 33.4 Å². The molecule has 1 aliphatic heterocycles. The number of hydrogen-bond donors (Lipinski definition) is 1. The molecule has 0 bridgehead atoms. The summed E-state index contributed by atoms with van der Waals surface area (Å²) in [6, 6.07) is 7.84. The zero-order valence-corrected chi connectivity index (χ0v) is 19.2. The highest BCUT2D eigenvalue weighted by molar-refractivity contribution is 6.07. The first-order valence-corrected chi connectivity index (χ1v) is 11.3. The van der Waals surface area contributed by atoms with Crippen molar-refractivity contribution in [1.82, 2.24) is 10.2 Å². The maximum absolute atomic E-state index is 14.8. The molecular weight excluding hydrogens is 503 g/mol. The smallest absolute Gasteiger partial charge is 0.422 e. The van der Waals surface area contributed by atoms with E-state index in [0.29, 0.717) is 16.7 Å². The van der Waals surface area contributed by atoms with Gasteiger partial charge >= 0.3 is 12.1 Å². The molecule has 1 N–H and O–H groups in total. The van der Waals surface area contributed by atoms with Crippen molar-refractivity contribution in [2.75, 3.05) is 6.61 Å². The number of alkyl halides is 5. The minimum Gasteiger partial charge on any atom is -0.484 e. The van der Waals surface area contributed by atoms with Crippen molar-refractivity contribution >= 4 is 23.4 Å². The molecule has 2 amide bonds. The number of nitrogens with one attached hydrogen (secondary N) is 1. The molecule has 1 fully saturated rings. The van der Waals surface area contributed by atoms with Crippen molar-refractivity contribution in [1.29, 1.82) is 0 Å². The van der Waals surface area contributed by atoms with E-state index in [9.17, 15) is 41.1 Å². The highest BCUT2D eigenvalue weighted by atomic mass is 19.4. The van der Waals surface area contributed by atoms with Crippen LogP contribution in [0.1, 0.15) is 46.3 Å². The molecule has 0 radical (unpaired) electrons. The van der Waals surface area contributed by atoms with Crippen LogP contribution in [-0.4, -0.2) is 47.1 Å². The number of rotatable bonds is 7. The molecule has 1 heterocycles. The zero-order valence-electron chi connectivity index (χ0n) is 19.2. The zero-order chi connectivity index (χ0) is 27.0. The maximum Gasteiger partial charge on any atom is 0.422 e.